The maximum Gasteiger partial charge on any atom is 0.118 e. The number of hydrogen-bond acceptors (Lipinski definition) is 2. The first-order valence-corrected chi connectivity index (χ1v) is 7.41. The number of methoxy groups -OCH3 is 1. The van der Waals surface area contributed by atoms with Crippen molar-refractivity contribution in [1.82, 2.24) is 0 Å². The average molecular weight is 261 g/mol. The second-order valence-corrected chi connectivity index (χ2v) is 6.56. The first-order chi connectivity index (χ1) is 9.03. The average Bonchev–Trinajstić information content (AvgIpc) is 2.39. The molecule has 1 aromatic rings. The van der Waals surface area contributed by atoms with Crippen LogP contribution in [-0.4, -0.2) is 13.2 Å². The molecule has 0 heterocycles. The van der Waals surface area contributed by atoms with Gasteiger partial charge < -0.3 is 10.5 Å². The predicted molar refractivity (Wildman–Crippen MR) is 80.4 cm³/mol. The van der Waals surface area contributed by atoms with Gasteiger partial charge >= 0.3 is 0 Å². The van der Waals surface area contributed by atoms with Crippen LogP contribution < -0.4 is 10.5 Å². The molecule has 0 aliphatic heterocycles. The molecule has 2 atom stereocenters. The quantitative estimate of drug-likeness (QED) is 0.895. The van der Waals surface area contributed by atoms with E-state index in [0.717, 1.165) is 12.2 Å². The molecule has 0 aromatic heterocycles. The number of nitrogens with two attached hydrogens (primary N) is 1. The van der Waals surface area contributed by atoms with Crippen LogP contribution in [0.15, 0.2) is 24.3 Å². The SMILES string of the molecule is COc1ccc(CC(N)C2CCCCC2(C)C)cc1. The number of ether oxygens (including phenoxy) is 1. The van der Waals surface area contributed by atoms with Gasteiger partial charge in [-0.3, -0.25) is 0 Å². The summed E-state index contributed by atoms with van der Waals surface area (Å²) < 4.78 is 5.19. The van der Waals surface area contributed by atoms with Crippen molar-refractivity contribution in [2.75, 3.05) is 7.11 Å². The Labute approximate surface area is 117 Å². The van der Waals surface area contributed by atoms with E-state index in [-0.39, 0.29) is 6.04 Å². The Kier molecular flexibility index (Phi) is 4.51. The lowest BCUT2D eigenvalue weighted by Crippen LogP contribution is -2.42. The van der Waals surface area contributed by atoms with Gasteiger partial charge in [0.25, 0.3) is 0 Å². The lowest BCUT2D eigenvalue weighted by atomic mass is 9.65. The van der Waals surface area contributed by atoms with Crippen molar-refractivity contribution < 1.29 is 4.74 Å². The molecule has 19 heavy (non-hydrogen) atoms. The van der Waals surface area contributed by atoms with Gasteiger partial charge in [0.1, 0.15) is 5.75 Å². The van der Waals surface area contributed by atoms with Gasteiger partial charge in [0.05, 0.1) is 7.11 Å². The highest BCUT2D eigenvalue weighted by molar-refractivity contribution is 5.27. The summed E-state index contributed by atoms with van der Waals surface area (Å²) in [4.78, 5) is 0. The molecule has 1 aliphatic carbocycles. The Balaban J connectivity index is 2.01. The third-order valence-electron chi connectivity index (χ3n) is 4.74. The lowest BCUT2D eigenvalue weighted by Gasteiger charge is -2.42. The minimum absolute atomic E-state index is 0.267. The molecule has 1 aliphatic rings. The molecule has 106 valence electrons. The molecule has 2 nitrogen and oxygen atoms in total. The third kappa shape index (κ3) is 3.50. The fourth-order valence-electron chi connectivity index (χ4n) is 3.49. The summed E-state index contributed by atoms with van der Waals surface area (Å²) in [7, 11) is 1.70. The molecule has 2 rings (SSSR count). The lowest BCUT2D eigenvalue weighted by molar-refractivity contribution is 0.112. The van der Waals surface area contributed by atoms with Crippen molar-refractivity contribution >= 4 is 0 Å². The summed E-state index contributed by atoms with van der Waals surface area (Å²) in [6, 6.07) is 8.58. The zero-order chi connectivity index (χ0) is 13.9. The van der Waals surface area contributed by atoms with E-state index in [0.29, 0.717) is 11.3 Å². The number of benzene rings is 1. The van der Waals surface area contributed by atoms with Crippen LogP contribution in [0.1, 0.15) is 45.1 Å². The Morgan fingerprint density at radius 2 is 1.95 bits per heavy atom. The molecular weight excluding hydrogens is 234 g/mol. The van der Waals surface area contributed by atoms with E-state index in [9.17, 15) is 0 Å². The van der Waals surface area contributed by atoms with Gasteiger partial charge in [0.15, 0.2) is 0 Å². The zero-order valence-electron chi connectivity index (χ0n) is 12.5. The van der Waals surface area contributed by atoms with Gasteiger partial charge in [-0.25, -0.2) is 0 Å². The maximum absolute atomic E-state index is 6.50. The molecule has 2 heteroatoms. The third-order valence-corrected chi connectivity index (χ3v) is 4.74. The Bertz CT molecular complexity index is 396. The Hall–Kier alpha value is -1.02. The molecule has 1 saturated carbocycles. The number of hydrogen-bond donors (Lipinski definition) is 1. The van der Waals surface area contributed by atoms with Gasteiger partial charge in [-0.2, -0.15) is 0 Å². The van der Waals surface area contributed by atoms with Crippen molar-refractivity contribution in [2.24, 2.45) is 17.1 Å². The molecule has 2 unspecified atom stereocenters. The fraction of sp³-hybridized carbons (Fsp3) is 0.647. The van der Waals surface area contributed by atoms with E-state index in [1.165, 1.54) is 31.2 Å². The van der Waals surface area contributed by atoms with E-state index in [4.69, 9.17) is 10.5 Å². The van der Waals surface area contributed by atoms with Gasteiger partial charge in [-0.05, 0) is 48.3 Å². The second kappa shape index (κ2) is 5.96. The molecular formula is C17H27NO. The first-order valence-electron chi connectivity index (χ1n) is 7.41. The van der Waals surface area contributed by atoms with Crippen molar-refractivity contribution in [2.45, 2.75) is 52.0 Å². The Morgan fingerprint density at radius 1 is 1.26 bits per heavy atom. The fourth-order valence-corrected chi connectivity index (χ4v) is 3.49. The number of rotatable bonds is 4. The van der Waals surface area contributed by atoms with Crippen LogP contribution in [0.4, 0.5) is 0 Å². The molecule has 0 radical (unpaired) electrons. The molecule has 0 spiro atoms. The van der Waals surface area contributed by atoms with E-state index >= 15 is 0 Å². The standard InChI is InChI=1S/C17H27NO/c1-17(2)11-5-4-6-15(17)16(18)12-13-7-9-14(19-3)10-8-13/h7-10,15-16H,4-6,11-12,18H2,1-3H3. The summed E-state index contributed by atoms with van der Waals surface area (Å²) in [6.07, 6.45) is 6.26. The van der Waals surface area contributed by atoms with Crippen LogP contribution in [0.5, 0.6) is 5.75 Å². The van der Waals surface area contributed by atoms with Crippen LogP contribution in [0.2, 0.25) is 0 Å². The molecule has 2 N–H and O–H groups in total. The summed E-state index contributed by atoms with van der Waals surface area (Å²) in [5, 5.41) is 0. The van der Waals surface area contributed by atoms with Crippen LogP contribution in [0.3, 0.4) is 0 Å². The zero-order valence-corrected chi connectivity index (χ0v) is 12.5. The van der Waals surface area contributed by atoms with Crippen LogP contribution >= 0.6 is 0 Å². The minimum atomic E-state index is 0.267. The van der Waals surface area contributed by atoms with Gasteiger partial charge in [0, 0.05) is 6.04 Å². The summed E-state index contributed by atoms with van der Waals surface area (Å²) in [5.74, 6) is 1.55. The van der Waals surface area contributed by atoms with Crippen LogP contribution in [-0.2, 0) is 6.42 Å². The van der Waals surface area contributed by atoms with Gasteiger partial charge in [-0.15, -0.1) is 0 Å². The normalized spacial score (nSPS) is 23.9. The first kappa shape index (κ1) is 14.4. The van der Waals surface area contributed by atoms with E-state index in [1.54, 1.807) is 7.11 Å². The highest BCUT2D eigenvalue weighted by Crippen LogP contribution is 2.42. The van der Waals surface area contributed by atoms with E-state index in [2.05, 4.69) is 26.0 Å². The van der Waals surface area contributed by atoms with Crippen molar-refractivity contribution in [3.05, 3.63) is 29.8 Å². The molecule has 0 amide bonds. The monoisotopic (exact) mass is 261 g/mol. The minimum Gasteiger partial charge on any atom is -0.497 e. The Morgan fingerprint density at radius 3 is 2.53 bits per heavy atom. The summed E-state index contributed by atoms with van der Waals surface area (Å²) >= 11 is 0. The molecule has 0 saturated heterocycles. The van der Waals surface area contributed by atoms with Crippen LogP contribution in [0, 0.1) is 11.3 Å². The maximum atomic E-state index is 6.50. The largest absolute Gasteiger partial charge is 0.497 e. The predicted octanol–water partition coefficient (Wildman–Crippen LogP) is 3.78. The van der Waals surface area contributed by atoms with Crippen molar-refractivity contribution in [1.29, 1.82) is 0 Å². The molecule has 1 fully saturated rings. The van der Waals surface area contributed by atoms with Gasteiger partial charge in [0.2, 0.25) is 0 Å². The topological polar surface area (TPSA) is 35.2 Å². The van der Waals surface area contributed by atoms with E-state index < -0.39 is 0 Å². The second-order valence-electron chi connectivity index (χ2n) is 6.56. The smallest absolute Gasteiger partial charge is 0.118 e. The van der Waals surface area contributed by atoms with Crippen LogP contribution in [0.25, 0.3) is 0 Å². The highest BCUT2D eigenvalue weighted by atomic mass is 16.5. The molecule has 1 aromatic carbocycles. The van der Waals surface area contributed by atoms with E-state index in [1.807, 2.05) is 12.1 Å². The van der Waals surface area contributed by atoms with Crippen molar-refractivity contribution in [3.8, 4) is 5.75 Å². The highest BCUT2D eigenvalue weighted by Gasteiger charge is 2.35. The van der Waals surface area contributed by atoms with Crippen molar-refractivity contribution in [3.63, 3.8) is 0 Å². The molecule has 0 bridgehead atoms. The van der Waals surface area contributed by atoms with Gasteiger partial charge in [-0.1, -0.05) is 38.8 Å². The summed E-state index contributed by atoms with van der Waals surface area (Å²) in [5.41, 5.74) is 8.20. The summed E-state index contributed by atoms with van der Waals surface area (Å²) in [6.45, 7) is 4.76.